The predicted molar refractivity (Wildman–Crippen MR) is 39.3 cm³/mol. The van der Waals surface area contributed by atoms with Crippen molar-refractivity contribution in [3.8, 4) is 0 Å². The van der Waals surface area contributed by atoms with E-state index >= 15 is 0 Å². The molecule has 0 bridgehead atoms. The van der Waals surface area contributed by atoms with Crippen LogP contribution in [-0.4, -0.2) is 21.6 Å². The van der Waals surface area contributed by atoms with Gasteiger partial charge in [0.05, 0.1) is 12.5 Å². The first-order valence-electron chi connectivity index (χ1n) is 2.95. The highest BCUT2D eigenvalue weighted by Gasteiger charge is 2.09. The van der Waals surface area contributed by atoms with E-state index in [1.807, 2.05) is 0 Å². The molecule has 11 heavy (non-hydrogen) atoms. The molecule has 0 unspecified atom stereocenters. The van der Waals surface area contributed by atoms with Crippen molar-refractivity contribution in [2.24, 2.45) is 7.05 Å². The summed E-state index contributed by atoms with van der Waals surface area (Å²) in [6.07, 6.45) is 2.94. The molecule has 0 aliphatic rings. The van der Waals surface area contributed by atoms with Crippen LogP contribution in [0.25, 0.3) is 0 Å². The third kappa shape index (κ3) is 1.71. The van der Waals surface area contributed by atoms with Gasteiger partial charge in [-0.1, -0.05) is 11.6 Å². The zero-order valence-corrected chi connectivity index (χ0v) is 6.71. The summed E-state index contributed by atoms with van der Waals surface area (Å²) in [5.41, 5.74) is 0.394. The average Bonchev–Trinajstić information content (AvgIpc) is 2.36. The van der Waals surface area contributed by atoms with Crippen molar-refractivity contribution in [3.63, 3.8) is 0 Å². The lowest BCUT2D eigenvalue weighted by atomic mass is 10.5. The number of aryl methyl sites for hydroxylation is 1. The molecule has 1 aromatic heterocycles. The first-order chi connectivity index (χ1) is 5.25. The predicted octanol–water partition coefficient (Wildman–Crippen LogP) is 0.773. The van der Waals surface area contributed by atoms with E-state index in [0.29, 0.717) is 5.69 Å². The number of rotatable bonds is 2. The fourth-order valence-electron chi connectivity index (χ4n) is 0.677. The summed E-state index contributed by atoms with van der Waals surface area (Å²) < 4.78 is 6.10. The van der Waals surface area contributed by atoms with Crippen LogP contribution >= 0.6 is 11.6 Å². The first kappa shape index (κ1) is 8.07. The summed E-state index contributed by atoms with van der Waals surface area (Å²) in [6, 6.07) is -0.135. The van der Waals surface area contributed by atoms with Gasteiger partial charge in [0, 0.05) is 7.05 Å². The van der Waals surface area contributed by atoms with Crippen molar-refractivity contribution in [2.45, 2.75) is 0 Å². The second-order valence-corrected chi connectivity index (χ2v) is 2.15. The van der Waals surface area contributed by atoms with Crippen LogP contribution in [0.15, 0.2) is 12.5 Å². The molecular weight excluding hydrogens is 168 g/mol. The van der Waals surface area contributed by atoms with Gasteiger partial charge in [-0.05, 0) is 0 Å². The number of esters is 1. The normalized spacial score (nSPS) is 9.64. The quantitative estimate of drug-likeness (QED) is 0.492. The maximum absolute atomic E-state index is 11.0. The number of aromatic nitrogens is 2. The van der Waals surface area contributed by atoms with Gasteiger partial charge in [-0.15, -0.1) is 0 Å². The molecule has 0 N–H and O–H groups in total. The standard InChI is InChI=1S/C6H7ClN2O2/c1-9-4-8-2-5(9)6(10)11-3-7/h2,4H,3H2,1H3. The molecule has 0 atom stereocenters. The van der Waals surface area contributed by atoms with Crippen molar-refractivity contribution in [1.82, 2.24) is 9.55 Å². The Kier molecular flexibility index (Phi) is 2.48. The number of carbonyl (C=O) groups is 1. The number of ether oxygens (including phenoxy) is 1. The molecular formula is C6H7ClN2O2. The van der Waals surface area contributed by atoms with Crippen LogP contribution in [-0.2, 0) is 11.8 Å². The largest absolute Gasteiger partial charge is 0.445 e. The fourth-order valence-corrected chi connectivity index (χ4v) is 0.776. The van der Waals surface area contributed by atoms with E-state index in [1.165, 1.54) is 12.5 Å². The average molecular weight is 175 g/mol. The molecule has 0 aromatic carbocycles. The smallest absolute Gasteiger partial charge is 0.357 e. The second kappa shape index (κ2) is 3.39. The molecule has 0 aliphatic carbocycles. The van der Waals surface area contributed by atoms with E-state index in [-0.39, 0.29) is 6.07 Å². The lowest BCUT2D eigenvalue weighted by Crippen LogP contribution is -2.08. The van der Waals surface area contributed by atoms with Gasteiger partial charge in [-0.3, -0.25) is 0 Å². The van der Waals surface area contributed by atoms with E-state index in [1.54, 1.807) is 11.6 Å². The fraction of sp³-hybridized carbons (Fsp3) is 0.333. The molecule has 1 rings (SSSR count). The van der Waals surface area contributed by atoms with Gasteiger partial charge in [0.2, 0.25) is 0 Å². The highest BCUT2D eigenvalue weighted by Crippen LogP contribution is 1.99. The Hall–Kier alpha value is -1.03. The highest BCUT2D eigenvalue weighted by atomic mass is 35.5. The molecule has 4 nitrogen and oxygen atoms in total. The van der Waals surface area contributed by atoms with E-state index < -0.39 is 5.97 Å². The number of hydrogen-bond donors (Lipinski definition) is 0. The molecule has 60 valence electrons. The van der Waals surface area contributed by atoms with Crippen LogP contribution in [0, 0.1) is 0 Å². The van der Waals surface area contributed by atoms with Crippen molar-refractivity contribution in [2.75, 3.05) is 6.07 Å². The van der Waals surface area contributed by atoms with Gasteiger partial charge >= 0.3 is 5.97 Å². The van der Waals surface area contributed by atoms with Crippen molar-refractivity contribution in [3.05, 3.63) is 18.2 Å². The zero-order valence-electron chi connectivity index (χ0n) is 5.95. The van der Waals surface area contributed by atoms with Crippen molar-refractivity contribution < 1.29 is 9.53 Å². The molecule has 0 saturated heterocycles. The Labute approximate surface area is 68.7 Å². The third-order valence-corrected chi connectivity index (χ3v) is 1.32. The van der Waals surface area contributed by atoms with Crippen LogP contribution in [0.3, 0.4) is 0 Å². The minimum atomic E-state index is -0.458. The Bertz CT molecular complexity index is 259. The van der Waals surface area contributed by atoms with Crippen LogP contribution in [0.2, 0.25) is 0 Å². The second-order valence-electron chi connectivity index (χ2n) is 1.93. The van der Waals surface area contributed by atoms with Crippen LogP contribution in [0.5, 0.6) is 0 Å². The number of nitrogens with zero attached hydrogens (tertiary/aromatic N) is 2. The van der Waals surface area contributed by atoms with Gasteiger partial charge in [0.25, 0.3) is 0 Å². The molecule has 1 aromatic rings. The van der Waals surface area contributed by atoms with Gasteiger partial charge in [-0.2, -0.15) is 0 Å². The summed E-state index contributed by atoms with van der Waals surface area (Å²) in [6.45, 7) is 0. The number of alkyl halides is 1. The topological polar surface area (TPSA) is 44.1 Å². The number of imidazole rings is 1. The molecule has 0 radical (unpaired) electrons. The Balaban J connectivity index is 2.76. The molecule has 5 heteroatoms. The monoisotopic (exact) mass is 174 g/mol. The Morgan fingerprint density at radius 3 is 3.09 bits per heavy atom. The molecule has 0 spiro atoms. The van der Waals surface area contributed by atoms with Gasteiger partial charge in [-0.25, -0.2) is 9.78 Å². The van der Waals surface area contributed by atoms with E-state index in [2.05, 4.69) is 9.72 Å². The molecule has 1 heterocycles. The van der Waals surface area contributed by atoms with Crippen LogP contribution in [0.1, 0.15) is 10.5 Å². The van der Waals surface area contributed by atoms with Crippen molar-refractivity contribution >= 4 is 17.6 Å². The van der Waals surface area contributed by atoms with Gasteiger partial charge in [0.1, 0.15) is 5.69 Å². The zero-order chi connectivity index (χ0) is 8.27. The highest BCUT2D eigenvalue weighted by molar-refractivity contribution is 6.17. The van der Waals surface area contributed by atoms with Crippen LogP contribution in [0.4, 0.5) is 0 Å². The van der Waals surface area contributed by atoms with E-state index in [0.717, 1.165) is 0 Å². The Morgan fingerprint density at radius 1 is 1.91 bits per heavy atom. The summed E-state index contributed by atoms with van der Waals surface area (Å²) in [7, 11) is 1.71. The van der Waals surface area contributed by atoms with Gasteiger partial charge < -0.3 is 9.30 Å². The minimum absolute atomic E-state index is 0.135. The minimum Gasteiger partial charge on any atom is -0.445 e. The van der Waals surface area contributed by atoms with E-state index in [9.17, 15) is 4.79 Å². The summed E-state index contributed by atoms with van der Waals surface area (Å²) in [5, 5.41) is 0. The maximum Gasteiger partial charge on any atom is 0.357 e. The lowest BCUT2D eigenvalue weighted by Gasteiger charge is -1.99. The third-order valence-electron chi connectivity index (χ3n) is 1.21. The molecule has 0 fully saturated rings. The summed E-state index contributed by atoms with van der Waals surface area (Å²) in [5.74, 6) is -0.458. The molecule has 0 aliphatic heterocycles. The summed E-state index contributed by atoms with van der Waals surface area (Å²) in [4.78, 5) is 14.7. The van der Waals surface area contributed by atoms with Crippen molar-refractivity contribution in [1.29, 1.82) is 0 Å². The lowest BCUT2D eigenvalue weighted by molar-refractivity contribution is 0.0563. The number of carbonyl (C=O) groups excluding carboxylic acids is 1. The molecule has 0 saturated carbocycles. The van der Waals surface area contributed by atoms with Gasteiger partial charge in [0.15, 0.2) is 6.07 Å². The van der Waals surface area contributed by atoms with Crippen LogP contribution < -0.4 is 0 Å². The number of halogens is 1. The first-order valence-corrected chi connectivity index (χ1v) is 3.48. The SMILES string of the molecule is Cn1cncc1C(=O)OCCl. The van der Waals surface area contributed by atoms with E-state index in [4.69, 9.17) is 11.6 Å². The Morgan fingerprint density at radius 2 is 2.64 bits per heavy atom. The summed E-state index contributed by atoms with van der Waals surface area (Å²) >= 11 is 5.19. The maximum atomic E-state index is 11.0. The molecule has 0 amide bonds. The number of hydrogen-bond acceptors (Lipinski definition) is 3.